The molecule has 5 heteroatoms. The van der Waals surface area contributed by atoms with Crippen molar-refractivity contribution < 1.29 is 26.0 Å². The van der Waals surface area contributed by atoms with E-state index in [0.717, 1.165) is 16.7 Å². The first-order valence-electron chi connectivity index (χ1n) is 8.13. The van der Waals surface area contributed by atoms with Gasteiger partial charge in [-0.15, -0.1) is 0 Å². The number of phenols is 1. The van der Waals surface area contributed by atoms with Crippen molar-refractivity contribution in [1.29, 1.82) is 0 Å². The summed E-state index contributed by atoms with van der Waals surface area (Å²) in [6.45, 7) is 0. The van der Waals surface area contributed by atoms with Crippen molar-refractivity contribution in [2.45, 2.75) is 38.1 Å². The van der Waals surface area contributed by atoms with Gasteiger partial charge < -0.3 is 5.11 Å². The van der Waals surface area contributed by atoms with Crippen LogP contribution < -0.4 is 0 Å². The van der Waals surface area contributed by atoms with Crippen molar-refractivity contribution in [3.63, 3.8) is 0 Å². The zero-order valence-electron chi connectivity index (χ0n) is 13.5. The van der Waals surface area contributed by atoms with Gasteiger partial charge in [-0.05, 0) is 24.5 Å². The van der Waals surface area contributed by atoms with Gasteiger partial charge in [-0.1, -0.05) is 61.7 Å². The number of aliphatic imine (C=N–C) groups is 1. The standard InChI is InChI=1S/C19H21NO.2ClH.Zr/c21-19-16(14-20-17-11-5-2-6-12-17)10-7-13-18(19)15-8-3-1-4-9-15;;;/h1,3-4,7-10,13-14,17,21H,2,5-6,11-12H2;2*1H;/q;;;+2/p-2. The Morgan fingerprint density at radius 2 is 1.62 bits per heavy atom. The number of rotatable bonds is 3. The number of nitrogens with zero attached hydrogens (tertiary/aromatic N) is 1. The van der Waals surface area contributed by atoms with Gasteiger partial charge in [0.1, 0.15) is 5.75 Å². The molecule has 1 saturated carbocycles. The summed E-state index contributed by atoms with van der Waals surface area (Å²) in [7, 11) is 9.87. The van der Waals surface area contributed by atoms with Crippen molar-refractivity contribution >= 4 is 23.2 Å². The average Bonchev–Trinajstić information content (AvgIpc) is 2.63. The van der Waals surface area contributed by atoms with E-state index in [1.165, 1.54) is 32.1 Å². The molecule has 1 N–H and O–H groups in total. The maximum atomic E-state index is 10.5. The molecular weight excluding hydrogens is 420 g/mol. The predicted octanol–water partition coefficient (Wildman–Crippen LogP) is 6.19. The summed E-state index contributed by atoms with van der Waals surface area (Å²) in [4.78, 5) is 4.66. The molecule has 24 heavy (non-hydrogen) atoms. The third kappa shape index (κ3) is 6.02. The van der Waals surface area contributed by atoms with Gasteiger partial charge in [-0.2, -0.15) is 0 Å². The maximum absolute atomic E-state index is 10.5. The Bertz CT molecular complexity index is 643. The van der Waals surface area contributed by atoms with Crippen molar-refractivity contribution in [3.05, 3.63) is 54.1 Å². The first-order chi connectivity index (χ1) is 11.8. The molecule has 0 radical (unpaired) electrons. The zero-order valence-corrected chi connectivity index (χ0v) is 17.4. The molecule has 0 saturated heterocycles. The number of aromatic hydroxyl groups is 1. The van der Waals surface area contributed by atoms with Crippen LogP contribution in [-0.2, 0) is 20.8 Å². The molecule has 3 rings (SSSR count). The second-order valence-electron chi connectivity index (χ2n) is 5.75. The van der Waals surface area contributed by atoms with Crippen LogP contribution in [0.15, 0.2) is 53.5 Å². The van der Waals surface area contributed by atoms with E-state index < -0.39 is 20.8 Å². The van der Waals surface area contributed by atoms with E-state index >= 15 is 0 Å². The molecule has 0 atom stereocenters. The molecule has 2 aromatic carbocycles. The minimum absolute atomic E-state index is 0.322. The molecule has 0 unspecified atom stereocenters. The van der Waals surface area contributed by atoms with E-state index in [4.69, 9.17) is 17.0 Å². The van der Waals surface area contributed by atoms with E-state index in [1.807, 2.05) is 54.7 Å². The SMILES string of the molecule is Oc1c(C=NC2CCCCC2)cccc1-c1ccccc1.[Cl][Zr][Cl]. The van der Waals surface area contributed by atoms with E-state index in [2.05, 4.69) is 4.99 Å². The molecule has 0 bridgehead atoms. The number of halogens is 2. The first kappa shape index (κ1) is 19.7. The van der Waals surface area contributed by atoms with Gasteiger partial charge in [-0.25, -0.2) is 0 Å². The number of hydrogen-bond donors (Lipinski definition) is 1. The molecule has 0 aliphatic heterocycles. The third-order valence-corrected chi connectivity index (χ3v) is 4.15. The Morgan fingerprint density at radius 1 is 0.958 bits per heavy atom. The van der Waals surface area contributed by atoms with Gasteiger partial charge in [0.15, 0.2) is 0 Å². The summed E-state index contributed by atoms with van der Waals surface area (Å²) in [6.07, 6.45) is 8.08. The van der Waals surface area contributed by atoms with E-state index in [1.54, 1.807) is 0 Å². The Labute approximate surface area is 162 Å². The van der Waals surface area contributed by atoms with Gasteiger partial charge in [0.05, 0.1) is 0 Å². The van der Waals surface area contributed by atoms with Crippen molar-refractivity contribution in [1.82, 2.24) is 0 Å². The van der Waals surface area contributed by atoms with Gasteiger partial charge in [0.2, 0.25) is 0 Å². The minimum atomic E-state index is -0.826. The van der Waals surface area contributed by atoms with Crippen LogP contribution in [0.5, 0.6) is 5.75 Å². The summed E-state index contributed by atoms with van der Waals surface area (Å²) in [6, 6.07) is 16.2. The number of para-hydroxylation sites is 1. The topological polar surface area (TPSA) is 32.6 Å². The van der Waals surface area contributed by atoms with E-state index in [-0.39, 0.29) is 0 Å². The molecule has 0 heterocycles. The van der Waals surface area contributed by atoms with E-state index in [0.29, 0.717) is 11.8 Å². The molecule has 0 amide bonds. The summed E-state index contributed by atoms with van der Waals surface area (Å²) < 4.78 is 0. The van der Waals surface area contributed by atoms with Crippen LogP contribution in [-0.4, -0.2) is 17.4 Å². The van der Waals surface area contributed by atoms with Gasteiger partial charge in [-0.3, -0.25) is 4.99 Å². The normalized spacial score (nSPS) is 14.9. The Morgan fingerprint density at radius 3 is 2.29 bits per heavy atom. The van der Waals surface area contributed by atoms with E-state index in [9.17, 15) is 5.11 Å². The molecule has 2 nitrogen and oxygen atoms in total. The van der Waals surface area contributed by atoms with Crippen molar-refractivity contribution in [2.24, 2.45) is 4.99 Å². The number of phenolic OH excluding ortho intramolecular Hbond substituents is 1. The van der Waals surface area contributed by atoms with Gasteiger partial charge >= 0.3 is 37.9 Å². The first-order valence-corrected chi connectivity index (χ1v) is 14.5. The monoisotopic (exact) mass is 439 g/mol. The number of benzene rings is 2. The molecule has 0 aromatic heterocycles. The average molecular weight is 442 g/mol. The molecule has 1 aliphatic rings. The van der Waals surface area contributed by atoms with Crippen molar-refractivity contribution in [2.75, 3.05) is 0 Å². The fourth-order valence-corrected chi connectivity index (χ4v) is 2.93. The summed E-state index contributed by atoms with van der Waals surface area (Å²) in [5, 5.41) is 10.5. The Hall–Kier alpha value is -0.627. The fourth-order valence-electron chi connectivity index (χ4n) is 2.93. The van der Waals surface area contributed by atoms with Crippen LogP contribution in [0.2, 0.25) is 0 Å². The van der Waals surface area contributed by atoms with Crippen LogP contribution in [0.3, 0.4) is 0 Å². The fraction of sp³-hybridized carbons (Fsp3) is 0.316. The van der Waals surface area contributed by atoms with Crippen LogP contribution in [0.25, 0.3) is 11.1 Å². The Kier molecular flexibility index (Phi) is 9.09. The second-order valence-corrected chi connectivity index (χ2v) is 9.48. The van der Waals surface area contributed by atoms with Crippen molar-refractivity contribution in [3.8, 4) is 16.9 Å². The van der Waals surface area contributed by atoms with Crippen LogP contribution >= 0.6 is 17.0 Å². The van der Waals surface area contributed by atoms with Gasteiger partial charge in [0.25, 0.3) is 0 Å². The molecule has 2 aromatic rings. The van der Waals surface area contributed by atoms with Crippen LogP contribution in [0.1, 0.15) is 37.7 Å². The molecule has 0 spiro atoms. The second kappa shape index (κ2) is 11.1. The van der Waals surface area contributed by atoms with Crippen LogP contribution in [0, 0.1) is 0 Å². The Balaban J connectivity index is 0.000000647. The summed E-state index contributed by atoms with van der Waals surface area (Å²) in [5.41, 5.74) is 2.70. The van der Waals surface area contributed by atoms with Gasteiger partial charge in [0, 0.05) is 23.4 Å². The third-order valence-electron chi connectivity index (χ3n) is 4.15. The zero-order chi connectivity index (χ0) is 17.2. The predicted molar refractivity (Wildman–Crippen MR) is 99.7 cm³/mol. The number of hydrogen-bond acceptors (Lipinski definition) is 2. The molecular formula is C19H21Cl2NOZr. The van der Waals surface area contributed by atoms with Crippen LogP contribution in [0.4, 0.5) is 0 Å². The summed E-state index contributed by atoms with van der Waals surface area (Å²) in [5.74, 6) is 0.322. The summed E-state index contributed by atoms with van der Waals surface area (Å²) >= 11 is -0.826. The molecule has 126 valence electrons. The molecule has 1 fully saturated rings. The quantitative estimate of drug-likeness (QED) is 0.566. The molecule has 1 aliphatic carbocycles.